The van der Waals surface area contributed by atoms with Crippen molar-refractivity contribution in [2.75, 3.05) is 13.7 Å². The summed E-state index contributed by atoms with van der Waals surface area (Å²) >= 11 is 0. The van der Waals surface area contributed by atoms with Crippen molar-refractivity contribution in [2.24, 2.45) is 0 Å². The van der Waals surface area contributed by atoms with Crippen molar-refractivity contribution >= 4 is 16.9 Å². The topological polar surface area (TPSA) is 51.5 Å². The highest BCUT2D eigenvalue weighted by molar-refractivity contribution is 5.87. The van der Waals surface area contributed by atoms with Gasteiger partial charge in [-0.2, -0.15) is 0 Å². The maximum Gasteiger partial charge on any atom is 0.332 e. The first-order valence-corrected chi connectivity index (χ1v) is 5.80. The van der Waals surface area contributed by atoms with E-state index in [1.165, 1.54) is 7.11 Å². The molecule has 0 spiro atoms. The second-order valence-electron chi connectivity index (χ2n) is 4.71. The lowest BCUT2D eigenvalue weighted by molar-refractivity contribution is -0.149. The Bertz CT molecular complexity index is 588. The zero-order chi connectivity index (χ0) is 13.3. The zero-order valence-corrected chi connectivity index (χ0v) is 10.8. The van der Waals surface area contributed by atoms with E-state index in [2.05, 4.69) is 0 Å². The van der Waals surface area contributed by atoms with E-state index in [-0.39, 0.29) is 6.61 Å². The molecule has 1 heterocycles. The number of aliphatic carboxylic acids is 1. The highest BCUT2D eigenvalue weighted by atomic mass is 16.5. The van der Waals surface area contributed by atoms with Gasteiger partial charge in [0.2, 0.25) is 0 Å². The van der Waals surface area contributed by atoms with Crippen LogP contribution in [0.5, 0.6) is 0 Å². The third-order valence-corrected chi connectivity index (χ3v) is 3.33. The molecule has 0 aliphatic rings. The second-order valence-corrected chi connectivity index (χ2v) is 4.71. The van der Waals surface area contributed by atoms with Gasteiger partial charge in [0.05, 0.1) is 6.61 Å². The molecule has 0 radical (unpaired) electrons. The summed E-state index contributed by atoms with van der Waals surface area (Å²) in [7, 11) is 1.51. The number of para-hydroxylation sites is 1. The number of ether oxygens (including phenoxy) is 1. The van der Waals surface area contributed by atoms with E-state index in [1.54, 1.807) is 11.5 Å². The van der Waals surface area contributed by atoms with Crippen LogP contribution in [0, 0.1) is 6.92 Å². The first-order valence-electron chi connectivity index (χ1n) is 5.80. The number of nitrogens with zero attached hydrogens (tertiary/aromatic N) is 1. The lowest BCUT2D eigenvalue weighted by atomic mass is 10.0. The first-order chi connectivity index (χ1) is 8.50. The number of rotatable bonds is 4. The van der Waals surface area contributed by atoms with E-state index in [4.69, 9.17) is 4.74 Å². The molecular weight excluding hydrogens is 230 g/mol. The number of carboxylic acid groups (broad SMARTS) is 1. The van der Waals surface area contributed by atoms with Gasteiger partial charge in [0.1, 0.15) is 0 Å². The number of hydrogen-bond donors (Lipinski definition) is 1. The number of aromatic nitrogens is 1. The van der Waals surface area contributed by atoms with Gasteiger partial charge < -0.3 is 14.4 Å². The fraction of sp³-hybridized carbons (Fsp3) is 0.357. The van der Waals surface area contributed by atoms with E-state index >= 15 is 0 Å². The Labute approximate surface area is 106 Å². The highest BCUT2D eigenvalue weighted by Crippen LogP contribution is 2.28. The highest BCUT2D eigenvalue weighted by Gasteiger charge is 2.36. The molecule has 0 amide bonds. The summed E-state index contributed by atoms with van der Waals surface area (Å²) in [6, 6.07) is 7.79. The molecule has 2 rings (SSSR count). The molecule has 0 saturated carbocycles. The summed E-state index contributed by atoms with van der Waals surface area (Å²) in [5.74, 6) is -0.898. The Morgan fingerprint density at radius 2 is 2.11 bits per heavy atom. The molecule has 4 heteroatoms. The molecular formula is C14H17NO3. The van der Waals surface area contributed by atoms with Crippen molar-refractivity contribution < 1.29 is 14.6 Å². The molecule has 4 nitrogen and oxygen atoms in total. The number of hydrogen-bond acceptors (Lipinski definition) is 2. The molecule has 96 valence electrons. The molecule has 1 aromatic heterocycles. The van der Waals surface area contributed by atoms with Crippen LogP contribution >= 0.6 is 0 Å². The number of methoxy groups -OCH3 is 1. The first kappa shape index (κ1) is 12.6. The number of carbonyl (C=O) groups is 1. The minimum Gasteiger partial charge on any atom is -0.479 e. The number of fused-ring (bicyclic) bond motifs is 1. The molecule has 0 aliphatic heterocycles. The quantitative estimate of drug-likeness (QED) is 0.902. The van der Waals surface area contributed by atoms with Crippen LogP contribution in [0.2, 0.25) is 0 Å². The van der Waals surface area contributed by atoms with Crippen molar-refractivity contribution in [1.29, 1.82) is 0 Å². The van der Waals surface area contributed by atoms with Gasteiger partial charge in [0, 0.05) is 24.2 Å². The van der Waals surface area contributed by atoms with Gasteiger partial charge in [0.25, 0.3) is 0 Å². The standard InChI is InChI=1S/C14H17NO3/c1-10-8-15(12-7-5-4-6-11(10)12)14(2,9-18-3)13(16)17/h4-8H,9H2,1-3H3,(H,16,17). The Morgan fingerprint density at radius 3 is 2.72 bits per heavy atom. The van der Waals surface area contributed by atoms with Gasteiger partial charge in [-0.05, 0) is 25.5 Å². The Hall–Kier alpha value is -1.81. The van der Waals surface area contributed by atoms with Crippen molar-refractivity contribution in [3.05, 3.63) is 36.0 Å². The molecule has 0 bridgehead atoms. The van der Waals surface area contributed by atoms with Crippen LogP contribution in [0.3, 0.4) is 0 Å². The van der Waals surface area contributed by atoms with Gasteiger partial charge in [-0.3, -0.25) is 0 Å². The summed E-state index contributed by atoms with van der Waals surface area (Å²) in [6.45, 7) is 3.78. The van der Waals surface area contributed by atoms with E-state index in [9.17, 15) is 9.90 Å². The number of aryl methyl sites for hydroxylation is 1. The summed E-state index contributed by atoms with van der Waals surface area (Å²) in [5, 5.41) is 10.6. The molecule has 1 N–H and O–H groups in total. The minimum absolute atomic E-state index is 0.125. The monoisotopic (exact) mass is 247 g/mol. The largest absolute Gasteiger partial charge is 0.479 e. The van der Waals surface area contributed by atoms with Crippen LogP contribution in [0.25, 0.3) is 10.9 Å². The van der Waals surface area contributed by atoms with Crippen molar-refractivity contribution in [2.45, 2.75) is 19.4 Å². The number of benzene rings is 1. The van der Waals surface area contributed by atoms with Gasteiger partial charge in [-0.25, -0.2) is 4.79 Å². The normalized spacial score (nSPS) is 14.6. The smallest absolute Gasteiger partial charge is 0.332 e. The molecule has 1 unspecified atom stereocenters. The zero-order valence-electron chi connectivity index (χ0n) is 10.8. The minimum atomic E-state index is -1.09. The van der Waals surface area contributed by atoms with Crippen molar-refractivity contribution in [3.8, 4) is 0 Å². The van der Waals surface area contributed by atoms with Gasteiger partial charge in [-0.1, -0.05) is 18.2 Å². The maximum absolute atomic E-state index is 11.6. The number of carboxylic acids is 1. The van der Waals surface area contributed by atoms with Crippen molar-refractivity contribution in [3.63, 3.8) is 0 Å². The molecule has 1 aromatic carbocycles. The van der Waals surface area contributed by atoms with E-state index in [0.717, 1.165) is 16.5 Å². The molecule has 1 atom stereocenters. The molecule has 0 aliphatic carbocycles. The van der Waals surface area contributed by atoms with Crippen LogP contribution in [0.1, 0.15) is 12.5 Å². The van der Waals surface area contributed by atoms with Crippen LogP contribution in [-0.2, 0) is 15.1 Å². The third-order valence-electron chi connectivity index (χ3n) is 3.33. The van der Waals surface area contributed by atoms with Crippen LogP contribution < -0.4 is 0 Å². The third kappa shape index (κ3) is 1.78. The van der Waals surface area contributed by atoms with Crippen LogP contribution in [0.4, 0.5) is 0 Å². The average molecular weight is 247 g/mol. The van der Waals surface area contributed by atoms with Gasteiger partial charge in [0.15, 0.2) is 5.54 Å². The van der Waals surface area contributed by atoms with Crippen LogP contribution in [0.15, 0.2) is 30.5 Å². The molecule has 0 saturated heterocycles. The average Bonchev–Trinajstić information content (AvgIpc) is 2.68. The van der Waals surface area contributed by atoms with Crippen LogP contribution in [-0.4, -0.2) is 29.4 Å². The Kier molecular flexibility index (Phi) is 3.13. The molecule has 2 aromatic rings. The van der Waals surface area contributed by atoms with E-state index in [0.29, 0.717) is 0 Å². The second kappa shape index (κ2) is 4.46. The van der Waals surface area contributed by atoms with E-state index < -0.39 is 11.5 Å². The summed E-state index contributed by atoms with van der Waals surface area (Å²) in [6.07, 6.45) is 1.87. The lowest BCUT2D eigenvalue weighted by Gasteiger charge is -2.27. The lowest BCUT2D eigenvalue weighted by Crippen LogP contribution is -2.42. The Morgan fingerprint density at radius 1 is 1.44 bits per heavy atom. The maximum atomic E-state index is 11.6. The molecule has 0 fully saturated rings. The van der Waals surface area contributed by atoms with E-state index in [1.807, 2.05) is 37.4 Å². The Balaban J connectivity index is 2.69. The fourth-order valence-electron chi connectivity index (χ4n) is 2.27. The molecule has 18 heavy (non-hydrogen) atoms. The van der Waals surface area contributed by atoms with Crippen molar-refractivity contribution in [1.82, 2.24) is 4.57 Å². The van der Waals surface area contributed by atoms with Gasteiger partial charge >= 0.3 is 5.97 Å². The summed E-state index contributed by atoms with van der Waals surface area (Å²) < 4.78 is 6.86. The summed E-state index contributed by atoms with van der Waals surface area (Å²) in [4.78, 5) is 11.6. The predicted molar refractivity (Wildman–Crippen MR) is 69.8 cm³/mol. The fourth-order valence-corrected chi connectivity index (χ4v) is 2.27. The van der Waals surface area contributed by atoms with Gasteiger partial charge in [-0.15, -0.1) is 0 Å². The predicted octanol–water partition coefficient (Wildman–Crippen LogP) is 2.40. The summed E-state index contributed by atoms with van der Waals surface area (Å²) in [5.41, 5.74) is 0.883. The SMILES string of the molecule is COCC(C)(C(=O)O)n1cc(C)c2ccccc21.